The van der Waals surface area contributed by atoms with E-state index in [0.29, 0.717) is 23.6 Å². The first-order valence-corrected chi connectivity index (χ1v) is 8.62. The molecule has 27 heavy (non-hydrogen) atoms. The smallest absolute Gasteiger partial charge is 0.275 e. The van der Waals surface area contributed by atoms with E-state index in [2.05, 4.69) is 32.3 Å². The van der Waals surface area contributed by atoms with Crippen LogP contribution in [0.25, 0.3) is 0 Å². The Labute approximate surface area is 158 Å². The minimum Gasteiger partial charge on any atom is -0.351 e. The number of carbonyl (C=O) groups is 1. The van der Waals surface area contributed by atoms with Gasteiger partial charge in [-0.1, -0.05) is 42.5 Å². The van der Waals surface area contributed by atoms with Gasteiger partial charge in [-0.2, -0.15) is 5.26 Å². The lowest BCUT2D eigenvalue weighted by Crippen LogP contribution is -2.24. The van der Waals surface area contributed by atoms with E-state index in [0.717, 1.165) is 6.54 Å². The molecule has 0 aliphatic heterocycles. The number of amides is 1. The lowest BCUT2D eigenvalue weighted by Gasteiger charge is -2.21. The van der Waals surface area contributed by atoms with Gasteiger partial charge in [0, 0.05) is 13.1 Å². The first kappa shape index (κ1) is 18.1. The molecule has 0 saturated carbocycles. The third kappa shape index (κ3) is 4.47. The fraction of sp³-hybridized carbons (Fsp3) is 0.143. The zero-order valence-corrected chi connectivity index (χ0v) is 15.0. The number of hydrogen-bond acceptors (Lipinski definition) is 5. The highest BCUT2D eigenvalue weighted by molar-refractivity contribution is 6.03. The van der Waals surface area contributed by atoms with Crippen molar-refractivity contribution in [1.82, 2.24) is 9.97 Å². The number of nitrogens with one attached hydrogen (secondary N) is 1. The van der Waals surface area contributed by atoms with Crippen molar-refractivity contribution >= 4 is 17.4 Å². The number of nitrogens with zero attached hydrogens (tertiary/aromatic N) is 4. The van der Waals surface area contributed by atoms with Crippen molar-refractivity contribution in [2.75, 3.05) is 16.8 Å². The molecule has 1 amide bonds. The first-order chi connectivity index (χ1) is 13.2. The van der Waals surface area contributed by atoms with E-state index in [1.54, 1.807) is 30.5 Å². The summed E-state index contributed by atoms with van der Waals surface area (Å²) in [5, 5.41) is 11.8. The normalized spacial score (nSPS) is 10.1. The quantitative estimate of drug-likeness (QED) is 0.728. The van der Waals surface area contributed by atoms with Crippen LogP contribution in [0, 0.1) is 11.3 Å². The van der Waals surface area contributed by atoms with Gasteiger partial charge >= 0.3 is 0 Å². The maximum Gasteiger partial charge on any atom is 0.275 e. The zero-order chi connectivity index (χ0) is 19.1. The summed E-state index contributed by atoms with van der Waals surface area (Å²) in [6.45, 7) is 3.53. The Morgan fingerprint density at radius 2 is 1.81 bits per heavy atom. The average Bonchev–Trinajstić information content (AvgIpc) is 2.73. The van der Waals surface area contributed by atoms with Crippen LogP contribution in [0.1, 0.15) is 28.5 Å². The van der Waals surface area contributed by atoms with Crippen LogP contribution in [0.2, 0.25) is 0 Å². The third-order valence-electron chi connectivity index (χ3n) is 4.09. The molecular weight excluding hydrogens is 338 g/mol. The topological polar surface area (TPSA) is 81.9 Å². The standard InChI is InChI=1S/C21H19N5O/c1-2-26(15-16-8-4-3-5-9-16)20-14-23-19(13-24-20)21(27)25-18-11-7-6-10-17(18)12-22/h3-11,13-14H,2,15H2,1H3,(H,25,27). The van der Waals surface area contributed by atoms with E-state index < -0.39 is 5.91 Å². The van der Waals surface area contributed by atoms with Crippen molar-refractivity contribution in [3.63, 3.8) is 0 Å². The summed E-state index contributed by atoms with van der Waals surface area (Å²) in [6, 6.07) is 19.0. The molecule has 0 unspecified atom stereocenters. The molecule has 2 aromatic carbocycles. The summed E-state index contributed by atoms with van der Waals surface area (Å²) in [4.78, 5) is 23.1. The fourth-order valence-electron chi connectivity index (χ4n) is 2.64. The molecule has 0 bridgehead atoms. The van der Waals surface area contributed by atoms with E-state index in [1.807, 2.05) is 31.2 Å². The van der Waals surface area contributed by atoms with Crippen molar-refractivity contribution in [2.24, 2.45) is 0 Å². The minimum absolute atomic E-state index is 0.197. The molecule has 0 radical (unpaired) electrons. The summed E-state index contributed by atoms with van der Waals surface area (Å²) in [7, 11) is 0. The number of rotatable bonds is 6. The van der Waals surface area contributed by atoms with Crippen LogP contribution in [-0.2, 0) is 6.54 Å². The molecule has 0 aliphatic carbocycles. The second kappa shape index (κ2) is 8.59. The molecule has 134 valence electrons. The summed E-state index contributed by atoms with van der Waals surface area (Å²) < 4.78 is 0. The number of para-hydroxylation sites is 1. The van der Waals surface area contributed by atoms with Gasteiger partial charge in [-0.15, -0.1) is 0 Å². The second-order valence-electron chi connectivity index (χ2n) is 5.87. The predicted octanol–water partition coefficient (Wildman–Crippen LogP) is 3.63. The lowest BCUT2D eigenvalue weighted by atomic mass is 10.2. The number of hydrogen-bond donors (Lipinski definition) is 1. The van der Waals surface area contributed by atoms with Crippen LogP contribution in [0.5, 0.6) is 0 Å². The average molecular weight is 357 g/mol. The fourth-order valence-corrected chi connectivity index (χ4v) is 2.64. The monoisotopic (exact) mass is 357 g/mol. The van der Waals surface area contributed by atoms with Gasteiger partial charge in [0.15, 0.2) is 0 Å². The van der Waals surface area contributed by atoms with Gasteiger partial charge in [0.2, 0.25) is 0 Å². The molecule has 3 aromatic rings. The Bertz CT molecular complexity index is 948. The largest absolute Gasteiger partial charge is 0.351 e. The van der Waals surface area contributed by atoms with Crippen molar-refractivity contribution in [2.45, 2.75) is 13.5 Å². The van der Waals surface area contributed by atoms with E-state index in [9.17, 15) is 4.79 Å². The number of nitriles is 1. The molecule has 0 atom stereocenters. The highest BCUT2D eigenvalue weighted by Crippen LogP contribution is 2.16. The summed E-state index contributed by atoms with van der Waals surface area (Å²) >= 11 is 0. The zero-order valence-electron chi connectivity index (χ0n) is 15.0. The van der Waals surface area contributed by atoms with Crippen LogP contribution in [-0.4, -0.2) is 22.4 Å². The van der Waals surface area contributed by atoms with Gasteiger partial charge in [-0.05, 0) is 24.6 Å². The summed E-state index contributed by atoms with van der Waals surface area (Å²) in [5.41, 5.74) is 2.23. The van der Waals surface area contributed by atoms with E-state index >= 15 is 0 Å². The maximum atomic E-state index is 12.4. The molecule has 3 rings (SSSR count). The Hall–Kier alpha value is -3.72. The van der Waals surface area contributed by atoms with Crippen LogP contribution in [0.4, 0.5) is 11.5 Å². The van der Waals surface area contributed by atoms with Crippen LogP contribution in [0.15, 0.2) is 67.0 Å². The molecule has 6 nitrogen and oxygen atoms in total. The molecule has 0 aliphatic rings. The Morgan fingerprint density at radius 3 is 2.48 bits per heavy atom. The molecule has 1 heterocycles. The van der Waals surface area contributed by atoms with Gasteiger partial charge in [0.1, 0.15) is 17.6 Å². The summed E-state index contributed by atoms with van der Waals surface area (Å²) in [6.07, 6.45) is 3.05. The Kier molecular flexibility index (Phi) is 5.75. The molecule has 6 heteroatoms. The number of benzene rings is 2. The number of anilines is 2. The van der Waals surface area contributed by atoms with Gasteiger partial charge < -0.3 is 10.2 Å². The van der Waals surface area contributed by atoms with Crippen molar-refractivity contribution in [3.8, 4) is 6.07 Å². The SMILES string of the molecule is CCN(Cc1ccccc1)c1cnc(C(=O)Nc2ccccc2C#N)cn1. The lowest BCUT2D eigenvalue weighted by molar-refractivity contribution is 0.102. The van der Waals surface area contributed by atoms with Gasteiger partial charge in [0.05, 0.1) is 23.6 Å². The highest BCUT2D eigenvalue weighted by atomic mass is 16.1. The third-order valence-corrected chi connectivity index (χ3v) is 4.09. The Balaban J connectivity index is 1.72. The van der Waals surface area contributed by atoms with Gasteiger partial charge in [-0.3, -0.25) is 4.79 Å². The predicted molar refractivity (Wildman–Crippen MR) is 104 cm³/mol. The van der Waals surface area contributed by atoms with Crippen molar-refractivity contribution < 1.29 is 4.79 Å². The van der Waals surface area contributed by atoms with Crippen molar-refractivity contribution in [3.05, 3.63) is 83.8 Å². The van der Waals surface area contributed by atoms with Crippen LogP contribution >= 0.6 is 0 Å². The van der Waals surface area contributed by atoms with Crippen LogP contribution in [0.3, 0.4) is 0 Å². The highest BCUT2D eigenvalue weighted by Gasteiger charge is 2.13. The first-order valence-electron chi connectivity index (χ1n) is 8.62. The van der Waals surface area contributed by atoms with Crippen LogP contribution < -0.4 is 10.2 Å². The van der Waals surface area contributed by atoms with Crippen molar-refractivity contribution in [1.29, 1.82) is 5.26 Å². The molecule has 0 saturated heterocycles. The molecule has 1 N–H and O–H groups in total. The van der Waals surface area contributed by atoms with E-state index in [-0.39, 0.29) is 5.69 Å². The summed E-state index contributed by atoms with van der Waals surface area (Å²) in [5.74, 6) is 0.304. The van der Waals surface area contributed by atoms with Gasteiger partial charge in [0.25, 0.3) is 5.91 Å². The second-order valence-corrected chi connectivity index (χ2v) is 5.87. The van der Waals surface area contributed by atoms with E-state index in [4.69, 9.17) is 5.26 Å². The molecule has 0 fully saturated rings. The minimum atomic E-state index is -0.400. The maximum absolute atomic E-state index is 12.4. The molecule has 0 spiro atoms. The molecule has 1 aromatic heterocycles. The van der Waals surface area contributed by atoms with E-state index in [1.165, 1.54) is 11.8 Å². The number of aromatic nitrogens is 2. The molecular formula is C21H19N5O. The van der Waals surface area contributed by atoms with Gasteiger partial charge in [-0.25, -0.2) is 9.97 Å². The number of carbonyl (C=O) groups excluding carboxylic acids is 1. The Morgan fingerprint density at radius 1 is 1.07 bits per heavy atom.